The van der Waals surface area contributed by atoms with Crippen LogP contribution in [0.4, 0.5) is 4.39 Å². The minimum absolute atomic E-state index is 0.0290. The number of fused-ring (bicyclic) bond motifs is 1. The number of rotatable bonds is 3. The number of hydrogen-bond donors (Lipinski definition) is 1. The van der Waals surface area contributed by atoms with E-state index in [1.54, 1.807) is 28.9 Å². The van der Waals surface area contributed by atoms with Crippen LogP contribution >= 0.6 is 0 Å². The lowest BCUT2D eigenvalue weighted by Gasteiger charge is -2.09. The van der Waals surface area contributed by atoms with Crippen LogP contribution in [0.1, 0.15) is 0 Å². The first-order valence-corrected chi connectivity index (χ1v) is 9.35. The van der Waals surface area contributed by atoms with Gasteiger partial charge in [0.2, 0.25) is 10.0 Å². The summed E-state index contributed by atoms with van der Waals surface area (Å²) in [5.74, 6) is -0.318. The first-order valence-electron chi connectivity index (χ1n) is 7.80. The number of hydrogen-bond acceptors (Lipinski definition) is 3. The highest BCUT2D eigenvalue weighted by Crippen LogP contribution is 2.31. The second-order valence-electron chi connectivity index (χ2n) is 5.82. The van der Waals surface area contributed by atoms with Gasteiger partial charge in [0.05, 0.1) is 21.8 Å². The Morgan fingerprint density at radius 1 is 0.885 bits per heavy atom. The summed E-state index contributed by atoms with van der Waals surface area (Å²) in [5.41, 5.74) is 3.05. The van der Waals surface area contributed by atoms with E-state index in [1.165, 1.54) is 24.3 Å². The standard InChI is InChI=1S/C19H14FN3O2S/c20-14-7-5-13(6-8-14)19-17-3-1-2-4-18(17)22-23(19)15-9-11-16(12-10-15)26(21,24)25/h1-12H,(H2,21,24,25)/i20-1. The molecule has 2 N–H and O–H groups in total. The Kier molecular flexibility index (Phi) is 3.82. The van der Waals surface area contributed by atoms with Crippen LogP contribution in [0.2, 0.25) is 0 Å². The Bertz CT molecular complexity index is 1200. The molecule has 130 valence electrons. The molecule has 5 nitrogen and oxygen atoms in total. The fourth-order valence-electron chi connectivity index (χ4n) is 2.88. The van der Waals surface area contributed by atoms with Gasteiger partial charge in [0.15, 0.2) is 0 Å². The number of aromatic nitrogens is 2. The maximum absolute atomic E-state index is 13.3. The molecule has 3 aromatic carbocycles. The van der Waals surface area contributed by atoms with Crippen molar-refractivity contribution in [1.29, 1.82) is 0 Å². The van der Waals surface area contributed by atoms with Gasteiger partial charge in [-0.25, -0.2) is 22.6 Å². The Balaban J connectivity index is 1.95. The highest BCUT2D eigenvalue weighted by molar-refractivity contribution is 7.89. The van der Waals surface area contributed by atoms with Crippen LogP contribution in [0.15, 0.2) is 77.7 Å². The zero-order chi connectivity index (χ0) is 18.3. The van der Waals surface area contributed by atoms with Crippen LogP contribution in [0, 0.1) is 5.82 Å². The quantitative estimate of drug-likeness (QED) is 0.603. The summed E-state index contributed by atoms with van der Waals surface area (Å²) < 4.78 is 38.0. The average molecular weight is 366 g/mol. The van der Waals surface area contributed by atoms with E-state index in [1.807, 2.05) is 24.3 Å². The Hall–Kier alpha value is -3.03. The molecule has 0 atom stereocenters. The van der Waals surface area contributed by atoms with Gasteiger partial charge in [-0.3, -0.25) is 0 Å². The molecule has 7 heteroatoms. The fourth-order valence-corrected chi connectivity index (χ4v) is 3.40. The van der Waals surface area contributed by atoms with Gasteiger partial charge < -0.3 is 0 Å². The van der Waals surface area contributed by atoms with Crippen molar-refractivity contribution in [2.75, 3.05) is 0 Å². The number of nitrogens with two attached hydrogens (primary N) is 1. The van der Waals surface area contributed by atoms with E-state index in [-0.39, 0.29) is 10.7 Å². The van der Waals surface area contributed by atoms with Crippen LogP contribution in [0.5, 0.6) is 0 Å². The Morgan fingerprint density at radius 3 is 2.19 bits per heavy atom. The van der Waals surface area contributed by atoms with E-state index in [0.717, 1.165) is 22.2 Å². The summed E-state index contributed by atoms with van der Waals surface area (Å²) in [6.45, 7) is 0. The van der Waals surface area contributed by atoms with Crippen molar-refractivity contribution in [2.24, 2.45) is 5.14 Å². The van der Waals surface area contributed by atoms with Gasteiger partial charge in [0.1, 0.15) is 5.82 Å². The van der Waals surface area contributed by atoms with Gasteiger partial charge in [-0.15, -0.1) is 0 Å². The molecule has 4 rings (SSSR count). The van der Waals surface area contributed by atoms with E-state index in [2.05, 4.69) is 5.10 Å². The van der Waals surface area contributed by atoms with Crippen LogP contribution in [-0.4, -0.2) is 18.2 Å². The van der Waals surface area contributed by atoms with E-state index in [4.69, 9.17) is 5.14 Å². The molecule has 0 aliphatic carbocycles. The molecule has 1 aromatic heterocycles. The molecule has 0 spiro atoms. The van der Waals surface area contributed by atoms with Crippen molar-refractivity contribution in [2.45, 2.75) is 4.90 Å². The van der Waals surface area contributed by atoms with Gasteiger partial charge in [0.25, 0.3) is 0 Å². The molecule has 26 heavy (non-hydrogen) atoms. The van der Waals surface area contributed by atoms with Gasteiger partial charge >= 0.3 is 0 Å². The molecule has 1 heterocycles. The summed E-state index contributed by atoms with van der Waals surface area (Å²) in [5, 5.41) is 10.7. The van der Waals surface area contributed by atoms with Gasteiger partial charge in [0, 0.05) is 10.9 Å². The number of nitrogens with zero attached hydrogens (tertiary/aromatic N) is 2. The van der Waals surface area contributed by atoms with Crippen LogP contribution in [-0.2, 0) is 10.0 Å². The summed E-state index contributed by atoms with van der Waals surface area (Å²) in [7, 11) is -3.76. The highest BCUT2D eigenvalue weighted by atomic mass is 32.2. The Labute approximate surface area is 149 Å². The van der Waals surface area contributed by atoms with Crippen molar-refractivity contribution in [1.82, 2.24) is 9.78 Å². The van der Waals surface area contributed by atoms with E-state index in [9.17, 15) is 12.8 Å². The normalized spacial score (nSPS) is 11.8. The molecule has 0 saturated heterocycles. The summed E-state index contributed by atoms with van der Waals surface area (Å²) in [4.78, 5) is 0.0290. The molecule has 0 saturated carbocycles. The number of sulfonamides is 1. The van der Waals surface area contributed by atoms with E-state index in [0.29, 0.717) is 5.69 Å². The molecule has 4 aromatic rings. The minimum Gasteiger partial charge on any atom is -0.232 e. The molecule has 0 aliphatic heterocycles. The lowest BCUT2D eigenvalue weighted by molar-refractivity contribution is 0.597. The highest BCUT2D eigenvalue weighted by Gasteiger charge is 2.15. The number of primary sulfonamides is 1. The van der Waals surface area contributed by atoms with Gasteiger partial charge in [-0.1, -0.05) is 18.2 Å². The molecule has 0 fully saturated rings. The lowest BCUT2D eigenvalue weighted by Crippen LogP contribution is -2.12. The average Bonchev–Trinajstić information content (AvgIpc) is 3.01. The molecule has 0 aliphatic rings. The van der Waals surface area contributed by atoms with Crippen LogP contribution < -0.4 is 5.14 Å². The zero-order valence-electron chi connectivity index (χ0n) is 13.5. The van der Waals surface area contributed by atoms with Gasteiger partial charge in [-0.05, 0) is 54.6 Å². The molecule has 0 amide bonds. The zero-order valence-corrected chi connectivity index (χ0v) is 14.3. The van der Waals surface area contributed by atoms with Gasteiger partial charge in [-0.2, -0.15) is 5.10 Å². The third-order valence-electron chi connectivity index (χ3n) is 4.11. The fraction of sp³-hybridized carbons (Fsp3) is 0. The number of halogens is 1. The van der Waals surface area contributed by atoms with E-state index < -0.39 is 10.0 Å². The van der Waals surface area contributed by atoms with Crippen LogP contribution in [0.3, 0.4) is 0 Å². The maximum Gasteiger partial charge on any atom is 0.238 e. The maximum atomic E-state index is 13.3. The molecule has 0 unspecified atom stereocenters. The molecular formula is C19H14FN3O2S. The number of benzene rings is 3. The lowest BCUT2D eigenvalue weighted by atomic mass is 10.1. The van der Waals surface area contributed by atoms with Crippen LogP contribution in [0.25, 0.3) is 27.8 Å². The molecule has 0 bridgehead atoms. The van der Waals surface area contributed by atoms with Crippen molar-refractivity contribution < 1.29 is 12.8 Å². The third kappa shape index (κ3) is 2.87. The van der Waals surface area contributed by atoms with E-state index >= 15 is 0 Å². The minimum atomic E-state index is -3.76. The predicted molar refractivity (Wildman–Crippen MR) is 97.8 cm³/mol. The SMILES string of the molecule is NS(=O)(=O)c1ccc(-n2nc3ccccc3c2-c2ccc([18F])cc2)cc1. The second-order valence-corrected chi connectivity index (χ2v) is 7.38. The second kappa shape index (κ2) is 6.05. The topological polar surface area (TPSA) is 78.0 Å². The van der Waals surface area contributed by atoms with Crippen molar-refractivity contribution in [3.05, 3.63) is 78.6 Å². The Morgan fingerprint density at radius 2 is 1.54 bits per heavy atom. The third-order valence-corrected chi connectivity index (χ3v) is 5.04. The van der Waals surface area contributed by atoms with Crippen molar-refractivity contribution in [3.8, 4) is 16.9 Å². The largest absolute Gasteiger partial charge is 0.238 e. The smallest absolute Gasteiger partial charge is 0.232 e. The molecule has 0 radical (unpaired) electrons. The predicted octanol–water partition coefficient (Wildman–Crippen LogP) is 3.48. The summed E-state index contributed by atoms with van der Waals surface area (Å²) in [6.07, 6.45) is 0. The first kappa shape index (κ1) is 16.4. The summed E-state index contributed by atoms with van der Waals surface area (Å²) in [6, 6.07) is 19.9. The van der Waals surface area contributed by atoms with Crippen molar-refractivity contribution in [3.63, 3.8) is 0 Å². The first-order chi connectivity index (χ1) is 12.4. The summed E-state index contributed by atoms with van der Waals surface area (Å²) >= 11 is 0. The van der Waals surface area contributed by atoms with Crippen molar-refractivity contribution >= 4 is 20.9 Å². The monoisotopic (exact) mass is 366 g/mol. The molecular weight excluding hydrogens is 352 g/mol.